The highest BCUT2D eigenvalue weighted by Gasteiger charge is 2.12. The topological polar surface area (TPSA) is 42.0 Å². The number of unbranched alkanes of at least 4 members (excludes halogenated alkanes) is 1. The smallest absolute Gasteiger partial charge is 0.261 e. The summed E-state index contributed by atoms with van der Waals surface area (Å²) in [6.45, 7) is 2.85. The second-order valence-corrected chi connectivity index (χ2v) is 6.87. The summed E-state index contributed by atoms with van der Waals surface area (Å²) >= 11 is 3.17. The molecule has 2 heterocycles. The van der Waals surface area contributed by atoms with Crippen molar-refractivity contribution in [1.82, 2.24) is 10.3 Å². The minimum atomic E-state index is 0.0146. The zero-order valence-electron chi connectivity index (χ0n) is 11.8. The van der Waals surface area contributed by atoms with Crippen molar-refractivity contribution in [2.45, 2.75) is 19.8 Å². The minimum absolute atomic E-state index is 0.0146. The van der Waals surface area contributed by atoms with Crippen LogP contribution in [0.15, 0.2) is 36.4 Å². The second kappa shape index (κ2) is 6.37. The number of thiazole rings is 1. The molecule has 0 aliphatic carbocycles. The molecule has 3 aromatic rings. The number of carbonyl (C=O) groups is 1. The number of nitrogens with one attached hydrogen (secondary N) is 1. The van der Waals surface area contributed by atoms with Crippen LogP contribution in [-0.2, 0) is 0 Å². The Kier molecular flexibility index (Phi) is 4.31. The molecule has 0 radical (unpaired) electrons. The van der Waals surface area contributed by atoms with Crippen molar-refractivity contribution < 1.29 is 4.79 Å². The van der Waals surface area contributed by atoms with Gasteiger partial charge < -0.3 is 5.32 Å². The molecule has 1 amide bonds. The fraction of sp³-hybridized carbons (Fsp3) is 0.250. The summed E-state index contributed by atoms with van der Waals surface area (Å²) in [5, 5.41) is 3.93. The number of nitrogens with zero attached hydrogens (tertiary/aromatic N) is 1. The fourth-order valence-electron chi connectivity index (χ4n) is 2.02. The van der Waals surface area contributed by atoms with Gasteiger partial charge in [-0.2, -0.15) is 0 Å². The van der Waals surface area contributed by atoms with Crippen LogP contribution in [0.1, 0.15) is 29.4 Å². The molecule has 2 aromatic heterocycles. The Morgan fingerprint density at radius 2 is 2.05 bits per heavy atom. The van der Waals surface area contributed by atoms with Crippen LogP contribution in [0.25, 0.3) is 20.1 Å². The molecule has 1 N–H and O–H groups in total. The Morgan fingerprint density at radius 1 is 1.19 bits per heavy atom. The second-order valence-electron chi connectivity index (χ2n) is 4.76. The molecule has 0 spiro atoms. The summed E-state index contributed by atoms with van der Waals surface area (Å²) in [6.07, 6.45) is 2.10. The Hall–Kier alpha value is -1.72. The van der Waals surface area contributed by atoms with Crippen LogP contribution in [0.3, 0.4) is 0 Å². The molecule has 21 heavy (non-hydrogen) atoms. The SMILES string of the molecule is CCCCNC(=O)c1ccc(-c2nc3ccccc3s2)s1. The first kappa shape index (κ1) is 14.2. The van der Waals surface area contributed by atoms with Crippen molar-refractivity contribution in [3.63, 3.8) is 0 Å². The van der Waals surface area contributed by atoms with Gasteiger partial charge in [-0.15, -0.1) is 22.7 Å². The summed E-state index contributed by atoms with van der Waals surface area (Å²) in [4.78, 5) is 18.4. The Balaban J connectivity index is 1.79. The number of carbonyl (C=O) groups excluding carboxylic acids is 1. The van der Waals surface area contributed by atoms with Crippen molar-refractivity contribution in [3.05, 3.63) is 41.3 Å². The van der Waals surface area contributed by atoms with E-state index in [1.54, 1.807) is 11.3 Å². The van der Waals surface area contributed by atoms with Crippen LogP contribution >= 0.6 is 22.7 Å². The highest BCUT2D eigenvalue weighted by atomic mass is 32.1. The van der Waals surface area contributed by atoms with E-state index in [0.29, 0.717) is 0 Å². The van der Waals surface area contributed by atoms with E-state index in [9.17, 15) is 4.79 Å². The number of fused-ring (bicyclic) bond motifs is 1. The molecule has 5 heteroatoms. The van der Waals surface area contributed by atoms with Crippen LogP contribution in [0.5, 0.6) is 0 Å². The number of thiophene rings is 1. The largest absolute Gasteiger partial charge is 0.351 e. The first-order valence-corrected chi connectivity index (χ1v) is 8.65. The third-order valence-corrected chi connectivity index (χ3v) is 5.44. The summed E-state index contributed by atoms with van der Waals surface area (Å²) in [6, 6.07) is 12.0. The molecule has 108 valence electrons. The lowest BCUT2D eigenvalue weighted by molar-refractivity contribution is 0.0957. The van der Waals surface area contributed by atoms with Crippen LogP contribution < -0.4 is 5.32 Å². The van der Waals surface area contributed by atoms with E-state index in [0.717, 1.165) is 39.7 Å². The van der Waals surface area contributed by atoms with Gasteiger partial charge in [0, 0.05) is 6.54 Å². The van der Waals surface area contributed by atoms with Crippen LogP contribution in [0.2, 0.25) is 0 Å². The maximum Gasteiger partial charge on any atom is 0.261 e. The Morgan fingerprint density at radius 3 is 2.86 bits per heavy atom. The highest BCUT2D eigenvalue weighted by molar-refractivity contribution is 7.26. The first-order valence-electron chi connectivity index (χ1n) is 7.02. The third-order valence-electron chi connectivity index (χ3n) is 3.15. The molecule has 1 aromatic carbocycles. The van der Waals surface area contributed by atoms with E-state index in [4.69, 9.17) is 0 Å². The van der Waals surface area contributed by atoms with Gasteiger partial charge in [0.2, 0.25) is 0 Å². The summed E-state index contributed by atoms with van der Waals surface area (Å²) in [7, 11) is 0. The van der Waals surface area contributed by atoms with Gasteiger partial charge in [0.25, 0.3) is 5.91 Å². The van der Waals surface area contributed by atoms with Crippen molar-refractivity contribution >= 4 is 38.8 Å². The van der Waals surface area contributed by atoms with Gasteiger partial charge in [0.05, 0.1) is 20.0 Å². The predicted octanol–water partition coefficient (Wildman–Crippen LogP) is 4.55. The molecule has 0 bridgehead atoms. The lowest BCUT2D eigenvalue weighted by atomic mass is 10.3. The molecule has 0 saturated heterocycles. The number of para-hydroxylation sites is 1. The standard InChI is InChI=1S/C16H16N2OS2/c1-2-3-10-17-15(19)13-8-9-14(20-13)16-18-11-6-4-5-7-12(11)21-16/h4-9H,2-3,10H2,1H3,(H,17,19). The zero-order valence-corrected chi connectivity index (χ0v) is 13.4. The molecule has 0 fully saturated rings. The van der Waals surface area contributed by atoms with Crippen LogP contribution in [-0.4, -0.2) is 17.4 Å². The van der Waals surface area contributed by atoms with Gasteiger partial charge in [-0.25, -0.2) is 4.98 Å². The fourth-order valence-corrected chi connectivity index (χ4v) is 3.96. The van der Waals surface area contributed by atoms with Gasteiger partial charge in [-0.1, -0.05) is 25.5 Å². The Labute approximate surface area is 131 Å². The normalized spacial score (nSPS) is 10.9. The molecule has 0 atom stereocenters. The van der Waals surface area contributed by atoms with Gasteiger partial charge in [-0.3, -0.25) is 4.79 Å². The van der Waals surface area contributed by atoms with Crippen molar-refractivity contribution in [2.24, 2.45) is 0 Å². The van der Waals surface area contributed by atoms with E-state index in [1.165, 1.54) is 16.0 Å². The summed E-state index contributed by atoms with van der Waals surface area (Å²) in [5.41, 5.74) is 1.01. The van der Waals surface area contributed by atoms with E-state index in [2.05, 4.69) is 23.3 Å². The number of hydrogen-bond acceptors (Lipinski definition) is 4. The number of aromatic nitrogens is 1. The molecular formula is C16H16N2OS2. The van der Waals surface area contributed by atoms with Crippen molar-refractivity contribution in [1.29, 1.82) is 0 Å². The van der Waals surface area contributed by atoms with E-state index >= 15 is 0 Å². The number of benzene rings is 1. The molecule has 0 aliphatic rings. The predicted molar refractivity (Wildman–Crippen MR) is 90.2 cm³/mol. The number of hydrogen-bond donors (Lipinski definition) is 1. The molecule has 0 saturated carbocycles. The van der Waals surface area contributed by atoms with E-state index in [-0.39, 0.29) is 5.91 Å². The summed E-state index contributed by atoms with van der Waals surface area (Å²) < 4.78 is 1.18. The third kappa shape index (κ3) is 3.14. The van der Waals surface area contributed by atoms with Gasteiger partial charge in [0.15, 0.2) is 0 Å². The van der Waals surface area contributed by atoms with E-state index < -0.39 is 0 Å². The summed E-state index contributed by atoms with van der Waals surface area (Å²) in [5.74, 6) is 0.0146. The lowest BCUT2D eigenvalue weighted by Gasteiger charge is -2.00. The maximum absolute atomic E-state index is 12.0. The highest BCUT2D eigenvalue weighted by Crippen LogP contribution is 2.34. The molecular weight excluding hydrogens is 300 g/mol. The maximum atomic E-state index is 12.0. The van der Waals surface area contributed by atoms with Gasteiger partial charge in [0.1, 0.15) is 5.01 Å². The molecule has 3 nitrogen and oxygen atoms in total. The van der Waals surface area contributed by atoms with Gasteiger partial charge in [-0.05, 0) is 30.7 Å². The molecule has 0 unspecified atom stereocenters. The van der Waals surface area contributed by atoms with Crippen molar-refractivity contribution in [2.75, 3.05) is 6.54 Å². The lowest BCUT2D eigenvalue weighted by Crippen LogP contribution is -2.23. The van der Waals surface area contributed by atoms with Crippen LogP contribution in [0.4, 0.5) is 0 Å². The minimum Gasteiger partial charge on any atom is -0.351 e. The molecule has 3 rings (SSSR count). The Bertz CT molecular complexity index is 727. The number of rotatable bonds is 5. The quantitative estimate of drug-likeness (QED) is 0.701. The van der Waals surface area contributed by atoms with Gasteiger partial charge >= 0.3 is 0 Å². The average molecular weight is 316 g/mol. The van der Waals surface area contributed by atoms with Crippen molar-refractivity contribution in [3.8, 4) is 9.88 Å². The average Bonchev–Trinajstić information content (AvgIpc) is 3.13. The van der Waals surface area contributed by atoms with E-state index in [1.807, 2.05) is 30.3 Å². The van der Waals surface area contributed by atoms with Crippen LogP contribution in [0, 0.1) is 0 Å². The molecule has 0 aliphatic heterocycles. The zero-order chi connectivity index (χ0) is 14.7. The monoisotopic (exact) mass is 316 g/mol. The number of amides is 1. The first-order chi connectivity index (χ1) is 10.3.